The van der Waals surface area contributed by atoms with Crippen molar-refractivity contribution in [2.45, 2.75) is 40.2 Å². The van der Waals surface area contributed by atoms with Gasteiger partial charge in [-0.1, -0.05) is 0 Å². The van der Waals surface area contributed by atoms with Crippen LogP contribution in [0.2, 0.25) is 0 Å². The van der Waals surface area contributed by atoms with Gasteiger partial charge in [-0.05, 0) is 39.2 Å². The molecule has 8 nitrogen and oxygen atoms in total. The molecule has 0 aromatic carbocycles. The number of fused-ring (bicyclic) bond motifs is 1. The summed E-state index contributed by atoms with van der Waals surface area (Å²) in [5, 5.41) is 0.440. The average Bonchev–Trinajstić information content (AvgIpc) is 2.99. The van der Waals surface area contributed by atoms with Crippen LogP contribution in [-0.2, 0) is 20.8 Å². The molecule has 0 bridgehead atoms. The first-order valence-electron chi connectivity index (χ1n) is 9.64. The van der Waals surface area contributed by atoms with Crippen LogP contribution in [0.1, 0.15) is 47.7 Å². The summed E-state index contributed by atoms with van der Waals surface area (Å²) in [6.45, 7) is 8.05. The van der Waals surface area contributed by atoms with E-state index in [1.54, 1.807) is 13.8 Å². The number of rotatable bonds is 6. The molecule has 2 N–H and O–H groups in total. The normalized spacial score (nSPS) is 19.5. The van der Waals surface area contributed by atoms with Gasteiger partial charge < -0.3 is 19.4 Å². The van der Waals surface area contributed by atoms with E-state index in [2.05, 4.69) is 9.97 Å². The van der Waals surface area contributed by atoms with E-state index in [1.165, 1.54) is 16.2 Å². The molecule has 1 unspecified atom stereocenters. The number of H-pyrrole nitrogens is 1. The lowest BCUT2D eigenvalue weighted by Crippen LogP contribution is -3.12. The number of ether oxygens (including phenoxy) is 2. The molecule has 1 aliphatic rings. The van der Waals surface area contributed by atoms with Gasteiger partial charge in [0.05, 0.1) is 31.7 Å². The van der Waals surface area contributed by atoms with E-state index in [0.29, 0.717) is 46.2 Å². The molecule has 1 aliphatic heterocycles. The number of hydrogen-bond acceptors (Lipinski definition) is 7. The highest BCUT2D eigenvalue weighted by molar-refractivity contribution is 7.20. The number of aryl methyl sites for hydroxylation is 1. The molecular formula is C19H26N3O5S+. The third-order valence-corrected chi connectivity index (χ3v) is 6.13. The Morgan fingerprint density at radius 3 is 2.75 bits per heavy atom. The first-order chi connectivity index (χ1) is 13.4. The Bertz CT molecular complexity index is 936. The molecule has 0 saturated carbocycles. The second-order valence-electron chi connectivity index (χ2n) is 6.94. The zero-order valence-electron chi connectivity index (χ0n) is 16.4. The predicted octanol–water partition coefficient (Wildman–Crippen LogP) is 0.828. The van der Waals surface area contributed by atoms with E-state index >= 15 is 0 Å². The molecule has 9 heteroatoms. The SMILES string of the molecule is CCOC(=O)c1sc2nc(C[NH+]3CCC[C@@H](C(=O)OCC)C3)[nH]c(=O)c2c1C. The summed E-state index contributed by atoms with van der Waals surface area (Å²) >= 11 is 1.19. The average molecular weight is 409 g/mol. The number of thiophene rings is 1. The van der Waals surface area contributed by atoms with Crippen molar-refractivity contribution in [3.8, 4) is 0 Å². The van der Waals surface area contributed by atoms with Gasteiger partial charge in [0.15, 0.2) is 5.82 Å². The summed E-state index contributed by atoms with van der Waals surface area (Å²) in [5.41, 5.74) is 0.356. The number of hydrogen-bond donors (Lipinski definition) is 2. The molecule has 2 aromatic heterocycles. The number of nitrogens with one attached hydrogen (secondary N) is 2. The highest BCUT2D eigenvalue weighted by Crippen LogP contribution is 2.27. The van der Waals surface area contributed by atoms with Gasteiger partial charge in [-0.3, -0.25) is 9.59 Å². The minimum Gasteiger partial charge on any atom is -0.466 e. The first-order valence-corrected chi connectivity index (χ1v) is 10.5. The Hall–Kier alpha value is -2.26. The zero-order valence-corrected chi connectivity index (χ0v) is 17.2. The van der Waals surface area contributed by atoms with Gasteiger partial charge in [0, 0.05) is 0 Å². The number of aromatic amines is 1. The van der Waals surface area contributed by atoms with Crippen LogP contribution in [0.3, 0.4) is 0 Å². The van der Waals surface area contributed by atoms with E-state index in [4.69, 9.17) is 9.47 Å². The molecule has 0 amide bonds. The lowest BCUT2D eigenvalue weighted by Gasteiger charge is -2.28. The molecule has 28 heavy (non-hydrogen) atoms. The van der Waals surface area contributed by atoms with Gasteiger partial charge in [-0.15, -0.1) is 11.3 Å². The largest absolute Gasteiger partial charge is 0.466 e. The van der Waals surface area contributed by atoms with Gasteiger partial charge in [0.2, 0.25) is 0 Å². The maximum absolute atomic E-state index is 12.6. The number of nitrogens with zero attached hydrogens (tertiary/aromatic N) is 1. The lowest BCUT2D eigenvalue weighted by molar-refractivity contribution is -0.921. The Labute approximate surface area is 166 Å². The molecule has 152 valence electrons. The third kappa shape index (κ3) is 4.25. The first kappa shape index (κ1) is 20.5. The Morgan fingerprint density at radius 2 is 2.04 bits per heavy atom. The minimum absolute atomic E-state index is 0.112. The lowest BCUT2D eigenvalue weighted by atomic mass is 9.98. The standard InChI is InChI=1S/C19H25N3O5S/c1-4-26-18(24)12-7-6-8-22(9-12)10-13-20-16(23)14-11(3)15(19(25)27-5-2)28-17(14)21-13/h12H,4-10H2,1-3H3,(H,20,21,23)/p+1/t12-/m1/s1. The van der Waals surface area contributed by atoms with Gasteiger partial charge in [0.1, 0.15) is 22.2 Å². The van der Waals surface area contributed by atoms with Gasteiger partial charge in [-0.2, -0.15) is 0 Å². The van der Waals surface area contributed by atoms with Crippen molar-refractivity contribution in [3.05, 3.63) is 26.6 Å². The Morgan fingerprint density at radius 1 is 1.29 bits per heavy atom. The number of likely N-dealkylation sites (tertiary alicyclic amines) is 1. The van der Waals surface area contributed by atoms with Crippen molar-refractivity contribution in [1.29, 1.82) is 0 Å². The highest BCUT2D eigenvalue weighted by atomic mass is 32.1. The molecule has 2 atom stereocenters. The van der Waals surface area contributed by atoms with Crippen LogP contribution < -0.4 is 10.5 Å². The summed E-state index contributed by atoms with van der Waals surface area (Å²) in [5.74, 6) is -0.125. The van der Waals surface area contributed by atoms with Crippen molar-refractivity contribution in [2.75, 3.05) is 26.3 Å². The molecule has 1 fully saturated rings. The van der Waals surface area contributed by atoms with Crippen LogP contribution in [0.15, 0.2) is 4.79 Å². The second kappa shape index (κ2) is 8.83. The second-order valence-corrected chi connectivity index (χ2v) is 7.94. The summed E-state index contributed by atoms with van der Waals surface area (Å²) in [7, 11) is 0. The summed E-state index contributed by atoms with van der Waals surface area (Å²) in [6.07, 6.45) is 1.76. The van der Waals surface area contributed by atoms with E-state index in [1.807, 2.05) is 6.92 Å². The fourth-order valence-electron chi connectivity index (χ4n) is 3.67. The van der Waals surface area contributed by atoms with Crippen molar-refractivity contribution in [2.24, 2.45) is 5.92 Å². The van der Waals surface area contributed by atoms with E-state index in [-0.39, 0.29) is 24.1 Å². The van der Waals surface area contributed by atoms with Crippen molar-refractivity contribution in [3.63, 3.8) is 0 Å². The molecule has 0 radical (unpaired) electrons. The van der Waals surface area contributed by atoms with Crippen LogP contribution in [-0.4, -0.2) is 48.2 Å². The van der Waals surface area contributed by atoms with Crippen LogP contribution in [0.25, 0.3) is 10.2 Å². The molecule has 2 aromatic rings. The summed E-state index contributed by atoms with van der Waals surface area (Å²) in [4.78, 5) is 46.3. The number of quaternary nitrogens is 1. The van der Waals surface area contributed by atoms with Gasteiger partial charge >= 0.3 is 11.9 Å². The number of carbonyl (C=O) groups excluding carboxylic acids is 2. The molecule has 3 heterocycles. The quantitative estimate of drug-likeness (QED) is 0.687. The maximum Gasteiger partial charge on any atom is 0.348 e. The number of carbonyl (C=O) groups is 2. The van der Waals surface area contributed by atoms with Crippen LogP contribution in [0, 0.1) is 12.8 Å². The minimum atomic E-state index is -0.428. The number of piperidine rings is 1. The molecule has 3 rings (SSSR count). The monoisotopic (exact) mass is 408 g/mol. The summed E-state index contributed by atoms with van der Waals surface area (Å²) < 4.78 is 10.2. The number of esters is 2. The van der Waals surface area contributed by atoms with Crippen LogP contribution in [0.5, 0.6) is 0 Å². The fourth-order valence-corrected chi connectivity index (χ4v) is 4.77. The smallest absolute Gasteiger partial charge is 0.348 e. The Kier molecular flexibility index (Phi) is 6.46. The fraction of sp³-hybridized carbons (Fsp3) is 0.579. The van der Waals surface area contributed by atoms with E-state index in [0.717, 1.165) is 19.4 Å². The topological polar surface area (TPSA) is 103 Å². The van der Waals surface area contributed by atoms with Crippen LogP contribution in [0.4, 0.5) is 0 Å². The Balaban J connectivity index is 1.81. The molecule has 1 saturated heterocycles. The highest BCUT2D eigenvalue weighted by Gasteiger charge is 2.30. The van der Waals surface area contributed by atoms with Gasteiger partial charge in [0.25, 0.3) is 5.56 Å². The van der Waals surface area contributed by atoms with Gasteiger partial charge in [-0.25, -0.2) is 9.78 Å². The maximum atomic E-state index is 12.6. The van der Waals surface area contributed by atoms with Crippen molar-refractivity contribution >= 4 is 33.5 Å². The van der Waals surface area contributed by atoms with Crippen LogP contribution >= 0.6 is 11.3 Å². The molecule has 0 spiro atoms. The van der Waals surface area contributed by atoms with Crippen molar-refractivity contribution < 1.29 is 24.0 Å². The van der Waals surface area contributed by atoms with E-state index < -0.39 is 5.97 Å². The molecule has 0 aliphatic carbocycles. The molecular weight excluding hydrogens is 382 g/mol. The summed E-state index contributed by atoms with van der Waals surface area (Å²) in [6, 6.07) is 0. The predicted molar refractivity (Wildman–Crippen MR) is 105 cm³/mol. The van der Waals surface area contributed by atoms with Crippen molar-refractivity contribution in [1.82, 2.24) is 9.97 Å². The number of aromatic nitrogens is 2. The third-order valence-electron chi connectivity index (χ3n) is 4.97. The van der Waals surface area contributed by atoms with E-state index in [9.17, 15) is 14.4 Å². The zero-order chi connectivity index (χ0) is 20.3.